The number of para-hydroxylation sites is 1. The molecular formula is C32H40KO23P. The van der Waals surface area contributed by atoms with Crippen molar-refractivity contribution in [2.45, 2.75) is 122 Å². The quantitative estimate of drug-likeness (QED) is 0.0555. The Morgan fingerprint density at radius 3 is 1.33 bits per heavy atom. The second-order valence-electron chi connectivity index (χ2n) is 11.9. The third-order valence-electron chi connectivity index (χ3n) is 7.19. The first kappa shape index (κ1) is 50.0. The van der Waals surface area contributed by atoms with E-state index in [1.807, 2.05) is 0 Å². The molecule has 23 nitrogen and oxygen atoms in total. The van der Waals surface area contributed by atoms with Gasteiger partial charge in [-0.25, -0.2) is 0 Å². The van der Waals surface area contributed by atoms with E-state index in [0.717, 1.165) is 48.5 Å². The van der Waals surface area contributed by atoms with Crippen LogP contribution in [-0.4, -0.2) is 126 Å². The Labute approximate surface area is 366 Å². The van der Waals surface area contributed by atoms with E-state index in [1.54, 1.807) is 6.07 Å². The van der Waals surface area contributed by atoms with Crippen molar-refractivity contribution in [3.63, 3.8) is 0 Å². The summed E-state index contributed by atoms with van der Waals surface area (Å²) < 4.78 is 76.0. The summed E-state index contributed by atoms with van der Waals surface area (Å²) in [6.07, 6.45) is -25.6. The van der Waals surface area contributed by atoms with Gasteiger partial charge in [0.1, 0.15) is 5.75 Å². The summed E-state index contributed by atoms with van der Waals surface area (Å²) in [5, 5.41) is 22.6. The summed E-state index contributed by atoms with van der Waals surface area (Å²) in [4.78, 5) is 98.3. The van der Waals surface area contributed by atoms with Gasteiger partial charge >= 0.3 is 101 Å². The van der Waals surface area contributed by atoms with Crippen LogP contribution in [0.3, 0.4) is 0 Å². The Bertz CT molecular complexity index is 1640. The summed E-state index contributed by atoms with van der Waals surface area (Å²) in [5.74, 6) is -7.76. The van der Waals surface area contributed by atoms with Crippen LogP contribution in [0.25, 0.3) is 0 Å². The van der Waals surface area contributed by atoms with Crippen LogP contribution in [0, 0.1) is 0 Å². The van der Waals surface area contributed by atoms with Crippen LogP contribution < -0.4 is 60.8 Å². The van der Waals surface area contributed by atoms with Crippen molar-refractivity contribution in [2.75, 3.05) is 0 Å². The first-order chi connectivity index (χ1) is 26.1. The molecule has 0 radical (unpaired) electrons. The molecular weight excluding hydrogens is 822 g/mol. The number of hydrogen-bond acceptors (Lipinski definition) is 23. The van der Waals surface area contributed by atoms with Crippen molar-refractivity contribution in [3.8, 4) is 5.75 Å². The van der Waals surface area contributed by atoms with E-state index in [1.165, 1.54) is 24.3 Å². The maximum atomic E-state index is 12.8. The fourth-order valence-electron chi connectivity index (χ4n) is 5.47. The van der Waals surface area contributed by atoms with Gasteiger partial charge in [-0.2, -0.15) is 0 Å². The molecule has 0 spiro atoms. The minimum atomic E-state index is -5.52. The SMILES string of the molecule is CC(=O)O[C@@H]1O[C@H](C(O)O[C@@H]2O[C@H](C(O)OP(=O)([O-])Oc3ccccc3)[C@@H](OC(C)=O)[C@H](OC(C)=O)[C@H]2OC(C)=O)[C@@H](OC(C)=O)[C@H](OC(C)=O)[C@H]1OC(C)=O.[K+]. The number of carbonyl (C=O) groups is 7. The molecule has 2 fully saturated rings. The number of aliphatic hydroxyl groups is 2. The Hall–Kier alpha value is -3.10. The number of rotatable bonds is 15. The van der Waals surface area contributed by atoms with Gasteiger partial charge in [-0.3, -0.25) is 42.7 Å². The molecule has 2 saturated heterocycles. The Balaban J connectivity index is 0.0000112. The molecule has 3 unspecified atom stereocenters. The molecule has 0 aromatic heterocycles. The number of hydrogen-bond donors (Lipinski definition) is 2. The molecule has 0 aliphatic carbocycles. The standard InChI is InChI=1S/C32H41O23P.K/c1-13(33)44-21-23(46-15(3)35)27(48-17(5)37)31(50-19(7)39)51-25(21)29(40)53-32-28(49-18(6)38)24(47-16(4)36)22(45-14(2)34)26(52-32)30(41)55-56(42,43)54-20-11-9-8-10-12-20;/h8-12,21-32,40-41H,1-7H3,(H,42,43);/q;+1/p-1/t21-,22-,23-,24-,25-,26-,27+,28+,29?,30?,31+,32-;/m0./s1. The minimum Gasteiger partial charge on any atom is -0.746 e. The van der Waals surface area contributed by atoms with Gasteiger partial charge in [0.15, 0.2) is 55.3 Å². The van der Waals surface area contributed by atoms with E-state index in [9.17, 15) is 53.2 Å². The minimum absolute atomic E-state index is 0. The van der Waals surface area contributed by atoms with Gasteiger partial charge in [0.25, 0.3) is 0 Å². The van der Waals surface area contributed by atoms with Crippen LogP contribution in [-0.2, 0) is 90.0 Å². The predicted molar refractivity (Wildman–Crippen MR) is 171 cm³/mol. The smallest absolute Gasteiger partial charge is 0.746 e. The second kappa shape index (κ2) is 22.3. The normalized spacial score (nSPS) is 28.9. The molecule has 2 N–H and O–H groups in total. The van der Waals surface area contributed by atoms with Gasteiger partial charge < -0.3 is 67.0 Å². The van der Waals surface area contributed by atoms with Crippen molar-refractivity contribution in [2.24, 2.45) is 0 Å². The third-order valence-corrected chi connectivity index (χ3v) is 8.10. The molecule has 2 aliphatic heterocycles. The van der Waals surface area contributed by atoms with E-state index in [2.05, 4.69) is 0 Å². The zero-order chi connectivity index (χ0) is 42.1. The Kier molecular flexibility index (Phi) is 19.6. The maximum absolute atomic E-state index is 12.8. The number of benzene rings is 1. The molecule has 0 amide bonds. The first-order valence-corrected chi connectivity index (χ1v) is 17.8. The maximum Gasteiger partial charge on any atom is 1.00 e. The molecule has 0 bridgehead atoms. The Morgan fingerprint density at radius 2 is 0.912 bits per heavy atom. The average molecular weight is 863 g/mol. The summed E-state index contributed by atoms with van der Waals surface area (Å²) in [7, 11) is -5.52. The van der Waals surface area contributed by atoms with Gasteiger partial charge in [0.05, 0.1) is 0 Å². The molecule has 3 rings (SSSR count). The Morgan fingerprint density at radius 1 is 0.561 bits per heavy atom. The average Bonchev–Trinajstić information content (AvgIpc) is 3.04. The first-order valence-electron chi connectivity index (χ1n) is 16.4. The molecule has 1 aromatic rings. The van der Waals surface area contributed by atoms with Gasteiger partial charge in [-0.1, -0.05) is 18.2 Å². The number of phosphoric acid groups is 1. The zero-order valence-corrected chi connectivity index (χ0v) is 35.7. The topological polar surface area (TPSA) is 311 Å². The molecule has 2 aliphatic rings. The number of esters is 7. The van der Waals surface area contributed by atoms with Crippen molar-refractivity contribution in [3.05, 3.63) is 30.3 Å². The molecule has 57 heavy (non-hydrogen) atoms. The van der Waals surface area contributed by atoms with Crippen LogP contribution in [0.5, 0.6) is 5.75 Å². The summed E-state index contributed by atoms with van der Waals surface area (Å²) in [6.45, 7) is 6.30. The van der Waals surface area contributed by atoms with E-state index in [0.29, 0.717) is 0 Å². The monoisotopic (exact) mass is 862 g/mol. The van der Waals surface area contributed by atoms with Crippen LogP contribution in [0.4, 0.5) is 0 Å². The molecule has 25 heteroatoms. The zero-order valence-electron chi connectivity index (χ0n) is 31.7. The van der Waals surface area contributed by atoms with E-state index < -0.39 is 124 Å². The molecule has 13 atom stereocenters. The summed E-state index contributed by atoms with van der Waals surface area (Å²) >= 11 is 0. The number of aliphatic hydroxyl groups excluding tert-OH is 2. The predicted octanol–water partition coefficient (Wildman–Crippen LogP) is -4.19. The van der Waals surface area contributed by atoms with Crippen LogP contribution in [0.2, 0.25) is 0 Å². The van der Waals surface area contributed by atoms with Crippen molar-refractivity contribution < 1.29 is 161 Å². The fourth-order valence-corrected chi connectivity index (χ4v) is 6.28. The molecule has 2 heterocycles. The number of ether oxygens (including phenoxy) is 10. The van der Waals surface area contributed by atoms with E-state index >= 15 is 0 Å². The van der Waals surface area contributed by atoms with E-state index in [4.69, 9.17) is 56.4 Å². The molecule has 312 valence electrons. The molecule has 0 saturated carbocycles. The van der Waals surface area contributed by atoms with Gasteiger partial charge in [0.2, 0.25) is 18.7 Å². The van der Waals surface area contributed by atoms with Gasteiger partial charge in [-0.15, -0.1) is 0 Å². The fraction of sp³-hybridized carbons (Fsp3) is 0.594. The number of carbonyl (C=O) groups excluding carboxylic acids is 7. The molecule has 1 aromatic carbocycles. The van der Waals surface area contributed by atoms with Crippen molar-refractivity contribution in [1.29, 1.82) is 0 Å². The van der Waals surface area contributed by atoms with Crippen LogP contribution >= 0.6 is 7.82 Å². The van der Waals surface area contributed by atoms with Crippen LogP contribution in [0.1, 0.15) is 48.5 Å². The van der Waals surface area contributed by atoms with E-state index in [-0.39, 0.29) is 57.1 Å². The number of phosphoric ester groups is 1. The summed E-state index contributed by atoms with van der Waals surface area (Å²) in [5.41, 5.74) is 0. The van der Waals surface area contributed by atoms with Crippen molar-refractivity contribution >= 4 is 49.6 Å². The van der Waals surface area contributed by atoms with Crippen molar-refractivity contribution in [1.82, 2.24) is 0 Å². The summed E-state index contributed by atoms with van der Waals surface area (Å²) in [6, 6.07) is 6.83. The van der Waals surface area contributed by atoms with Gasteiger partial charge in [0, 0.05) is 48.5 Å². The largest absolute Gasteiger partial charge is 1.00 e. The van der Waals surface area contributed by atoms with Gasteiger partial charge in [-0.05, 0) is 12.1 Å². The van der Waals surface area contributed by atoms with Crippen LogP contribution in [0.15, 0.2) is 30.3 Å². The second-order valence-corrected chi connectivity index (χ2v) is 13.2. The third kappa shape index (κ3) is 15.2.